The predicted octanol–water partition coefficient (Wildman–Crippen LogP) is 3.32. The molecule has 1 aromatic heterocycles. The standard InChI is InChI=1S/C10H6F6INO3/c1-20-6(19)2-4-5(17)3-18-8(9(11,12)13)7(4)21-10(14,15)16/h3H,2H2,1H3. The average Bonchev–Trinajstić information content (AvgIpc) is 2.30. The summed E-state index contributed by atoms with van der Waals surface area (Å²) in [6.45, 7) is 0. The maximum Gasteiger partial charge on any atom is 0.573 e. The quantitative estimate of drug-likeness (QED) is 0.421. The van der Waals surface area contributed by atoms with Crippen molar-refractivity contribution in [2.75, 3.05) is 7.11 Å². The van der Waals surface area contributed by atoms with Crippen molar-refractivity contribution < 1.29 is 40.6 Å². The van der Waals surface area contributed by atoms with Gasteiger partial charge in [-0.3, -0.25) is 4.79 Å². The van der Waals surface area contributed by atoms with Crippen LogP contribution in [0.1, 0.15) is 11.3 Å². The summed E-state index contributed by atoms with van der Waals surface area (Å²) in [5.41, 5.74) is -2.46. The molecule has 11 heteroatoms. The van der Waals surface area contributed by atoms with Gasteiger partial charge in [0.1, 0.15) is 0 Å². The highest BCUT2D eigenvalue weighted by Gasteiger charge is 2.42. The molecular formula is C10H6F6INO3. The number of methoxy groups -OCH3 is 1. The van der Waals surface area contributed by atoms with Crippen LogP contribution in [-0.4, -0.2) is 24.4 Å². The average molecular weight is 429 g/mol. The van der Waals surface area contributed by atoms with E-state index >= 15 is 0 Å². The zero-order chi connectivity index (χ0) is 16.4. The second kappa shape index (κ2) is 6.23. The van der Waals surface area contributed by atoms with E-state index in [2.05, 4.69) is 14.5 Å². The fourth-order valence-corrected chi connectivity index (χ4v) is 1.89. The van der Waals surface area contributed by atoms with Crippen LogP contribution < -0.4 is 4.74 Å². The van der Waals surface area contributed by atoms with Crippen LogP contribution in [0.2, 0.25) is 0 Å². The van der Waals surface area contributed by atoms with Gasteiger partial charge in [-0.05, 0) is 22.6 Å². The van der Waals surface area contributed by atoms with Crippen molar-refractivity contribution in [2.45, 2.75) is 19.0 Å². The first kappa shape index (κ1) is 17.8. The number of pyridine rings is 1. The van der Waals surface area contributed by atoms with Gasteiger partial charge in [-0.15, -0.1) is 13.2 Å². The van der Waals surface area contributed by atoms with Gasteiger partial charge in [-0.1, -0.05) is 0 Å². The largest absolute Gasteiger partial charge is 0.573 e. The SMILES string of the molecule is COC(=O)Cc1c(I)cnc(C(F)(F)F)c1OC(F)(F)F. The molecule has 0 aromatic carbocycles. The Bertz CT molecular complexity index is 543. The zero-order valence-corrected chi connectivity index (χ0v) is 12.3. The van der Waals surface area contributed by atoms with Crippen LogP contribution in [-0.2, 0) is 22.1 Å². The minimum absolute atomic E-state index is 0.0924. The number of carbonyl (C=O) groups excluding carboxylic acids is 1. The van der Waals surface area contributed by atoms with E-state index in [9.17, 15) is 31.1 Å². The molecule has 118 valence electrons. The first-order chi connectivity index (χ1) is 9.45. The van der Waals surface area contributed by atoms with Crippen LogP contribution in [0.15, 0.2) is 6.20 Å². The van der Waals surface area contributed by atoms with Gasteiger partial charge in [0, 0.05) is 15.3 Å². The number of nitrogens with zero attached hydrogens (tertiary/aromatic N) is 1. The lowest BCUT2D eigenvalue weighted by molar-refractivity contribution is -0.276. The minimum atomic E-state index is -5.36. The molecule has 4 nitrogen and oxygen atoms in total. The Hall–Kier alpha value is -1.27. The van der Waals surface area contributed by atoms with Gasteiger partial charge in [0.15, 0.2) is 11.4 Å². The molecule has 0 fully saturated rings. The molecule has 0 spiro atoms. The monoisotopic (exact) mass is 429 g/mol. The fourth-order valence-electron chi connectivity index (χ4n) is 1.32. The van der Waals surface area contributed by atoms with E-state index in [-0.39, 0.29) is 3.57 Å². The van der Waals surface area contributed by atoms with Crippen molar-refractivity contribution in [3.05, 3.63) is 21.0 Å². The van der Waals surface area contributed by atoms with E-state index in [1.165, 1.54) is 22.6 Å². The molecule has 0 amide bonds. The number of halogens is 7. The molecule has 0 bridgehead atoms. The van der Waals surface area contributed by atoms with Gasteiger partial charge in [-0.2, -0.15) is 13.2 Å². The molecule has 0 aliphatic heterocycles. The Kier molecular flexibility index (Phi) is 5.28. The maximum absolute atomic E-state index is 12.7. The molecule has 0 atom stereocenters. The smallest absolute Gasteiger partial charge is 0.469 e. The summed E-state index contributed by atoms with van der Waals surface area (Å²) in [5, 5.41) is 0. The first-order valence-corrected chi connectivity index (χ1v) is 6.10. The summed E-state index contributed by atoms with van der Waals surface area (Å²) in [6, 6.07) is 0. The Balaban J connectivity index is 3.48. The van der Waals surface area contributed by atoms with Crippen molar-refractivity contribution in [3.8, 4) is 5.75 Å². The summed E-state index contributed by atoms with van der Waals surface area (Å²) in [7, 11) is 0.950. The Labute approximate surface area is 127 Å². The molecule has 21 heavy (non-hydrogen) atoms. The van der Waals surface area contributed by atoms with E-state index in [0.29, 0.717) is 6.20 Å². The van der Waals surface area contributed by atoms with Crippen molar-refractivity contribution in [3.63, 3.8) is 0 Å². The van der Waals surface area contributed by atoms with Gasteiger partial charge in [0.25, 0.3) is 0 Å². The maximum atomic E-state index is 12.7. The molecule has 0 aliphatic rings. The lowest BCUT2D eigenvalue weighted by atomic mass is 10.1. The van der Waals surface area contributed by atoms with E-state index in [1.54, 1.807) is 0 Å². The Morgan fingerprint density at radius 1 is 1.29 bits per heavy atom. The number of esters is 1. The van der Waals surface area contributed by atoms with Crippen molar-refractivity contribution in [1.82, 2.24) is 4.98 Å². The fraction of sp³-hybridized carbons (Fsp3) is 0.400. The summed E-state index contributed by atoms with van der Waals surface area (Å²) < 4.78 is 82.7. The Morgan fingerprint density at radius 3 is 2.29 bits per heavy atom. The second-order valence-electron chi connectivity index (χ2n) is 3.56. The topological polar surface area (TPSA) is 48.4 Å². The van der Waals surface area contributed by atoms with E-state index in [0.717, 1.165) is 7.11 Å². The van der Waals surface area contributed by atoms with Crippen LogP contribution in [0.3, 0.4) is 0 Å². The molecule has 0 unspecified atom stereocenters. The minimum Gasteiger partial charge on any atom is -0.469 e. The lowest BCUT2D eigenvalue weighted by Crippen LogP contribution is -2.23. The molecule has 0 N–H and O–H groups in total. The van der Waals surface area contributed by atoms with Gasteiger partial charge >= 0.3 is 18.5 Å². The lowest BCUT2D eigenvalue weighted by Gasteiger charge is -2.18. The summed E-state index contributed by atoms with van der Waals surface area (Å²) in [4.78, 5) is 14.1. The number of ether oxygens (including phenoxy) is 2. The third-order valence-electron chi connectivity index (χ3n) is 2.12. The van der Waals surface area contributed by atoms with Gasteiger partial charge in [-0.25, -0.2) is 4.98 Å². The summed E-state index contributed by atoms with van der Waals surface area (Å²) in [5.74, 6) is -2.56. The molecule has 0 aliphatic carbocycles. The van der Waals surface area contributed by atoms with Crippen LogP contribution in [0, 0.1) is 3.57 Å². The molecule has 0 saturated carbocycles. The van der Waals surface area contributed by atoms with Gasteiger partial charge < -0.3 is 9.47 Å². The van der Waals surface area contributed by atoms with Gasteiger partial charge in [0.05, 0.1) is 13.5 Å². The molecule has 1 rings (SSSR count). The number of aromatic nitrogens is 1. The third kappa shape index (κ3) is 4.89. The normalized spacial score (nSPS) is 12.2. The number of hydrogen-bond acceptors (Lipinski definition) is 4. The summed E-state index contributed by atoms with van der Waals surface area (Å²) >= 11 is 1.45. The van der Waals surface area contributed by atoms with Crippen molar-refractivity contribution >= 4 is 28.6 Å². The third-order valence-corrected chi connectivity index (χ3v) is 3.05. The molecule has 1 aromatic rings. The van der Waals surface area contributed by atoms with E-state index in [1.807, 2.05) is 0 Å². The number of rotatable bonds is 3. The summed E-state index contributed by atoms with van der Waals surface area (Å²) in [6.07, 6.45) is -10.6. The highest BCUT2D eigenvalue weighted by atomic mass is 127. The molecular weight excluding hydrogens is 423 g/mol. The Morgan fingerprint density at radius 2 is 1.86 bits per heavy atom. The first-order valence-electron chi connectivity index (χ1n) is 5.03. The number of alkyl halides is 6. The van der Waals surface area contributed by atoms with Crippen LogP contribution >= 0.6 is 22.6 Å². The van der Waals surface area contributed by atoms with Crippen LogP contribution in [0.4, 0.5) is 26.3 Å². The number of carbonyl (C=O) groups is 1. The highest BCUT2D eigenvalue weighted by molar-refractivity contribution is 14.1. The zero-order valence-electron chi connectivity index (χ0n) is 10.1. The van der Waals surface area contributed by atoms with Crippen LogP contribution in [0.25, 0.3) is 0 Å². The molecule has 0 radical (unpaired) electrons. The highest BCUT2D eigenvalue weighted by Crippen LogP contribution is 2.40. The molecule has 1 heterocycles. The second-order valence-corrected chi connectivity index (χ2v) is 4.72. The number of hydrogen-bond donors (Lipinski definition) is 0. The predicted molar refractivity (Wildman–Crippen MR) is 64.4 cm³/mol. The van der Waals surface area contributed by atoms with E-state index < -0.39 is 41.9 Å². The van der Waals surface area contributed by atoms with Gasteiger partial charge in [0.2, 0.25) is 0 Å². The van der Waals surface area contributed by atoms with E-state index in [4.69, 9.17) is 0 Å². The van der Waals surface area contributed by atoms with Crippen molar-refractivity contribution in [2.24, 2.45) is 0 Å². The molecule has 0 saturated heterocycles. The van der Waals surface area contributed by atoms with Crippen molar-refractivity contribution in [1.29, 1.82) is 0 Å². The van der Waals surface area contributed by atoms with Crippen LogP contribution in [0.5, 0.6) is 5.75 Å².